The molecular formula is C23H23N3O. The number of para-hydroxylation sites is 2. The minimum atomic E-state index is -0.378. The van der Waals surface area contributed by atoms with Gasteiger partial charge in [-0.15, -0.1) is 0 Å². The van der Waals surface area contributed by atoms with Gasteiger partial charge >= 0.3 is 0 Å². The average molecular weight is 357 g/mol. The number of anilines is 3. The van der Waals surface area contributed by atoms with Crippen molar-refractivity contribution in [3.63, 3.8) is 0 Å². The van der Waals surface area contributed by atoms with Gasteiger partial charge < -0.3 is 10.0 Å². The Bertz CT molecular complexity index is 925. The molecule has 1 unspecified atom stereocenters. The van der Waals surface area contributed by atoms with Gasteiger partial charge in [0.1, 0.15) is 0 Å². The molecule has 1 heterocycles. The van der Waals surface area contributed by atoms with Crippen molar-refractivity contribution in [1.29, 1.82) is 0 Å². The van der Waals surface area contributed by atoms with Crippen LogP contribution in [0.2, 0.25) is 0 Å². The summed E-state index contributed by atoms with van der Waals surface area (Å²) in [6.07, 6.45) is 2.15. The van der Waals surface area contributed by atoms with Gasteiger partial charge in [-0.3, -0.25) is 5.01 Å². The molecule has 0 saturated carbocycles. The fraction of sp³-hybridized carbons (Fsp3) is 0.174. The van der Waals surface area contributed by atoms with Crippen molar-refractivity contribution in [3.8, 4) is 0 Å². The molecule has 0 radical (unpaired) electrons. The largest absolute Gasteiger partial charge is 0.391 e. The number of β-amino-alcohol motifs (C(OH)–C–C–N with tert-alkyl or cyclic N) is 1. The molecule has 1 aliphatic heterocycles. The van der Waals surface area contributed by atoms with Crippen LogP contribution in [0.1, 0.15) is 11.1 Å². The lowest BCUT2D eigenvalue weighted by Gasteiger charge is -2.34. The number of nitrogens with zero attached hydrogens (tertiary/aromatic N) is 3. The lowest BCUT2D eigenvalue weighted by atomic mass is 9.97. The van der Waals surface area contributed by atoms with Gasteiger partial charge in [0.25, 0.3) is 0 Å². The fourth-order valence-electron chi connectivity index (χ4n) is 3.46. The molecule has 0 bridgehead atoms. The van der Waals surface area contributed by atoms with Crippen molar-refractivity contribution < 1.29 is 5.11 Å². The Kier molecular flexibility index (Phi) is 4.90. The molecule has 0 amide bonds. The van der Waals surface area contributed by atoms with E-state index >= 15 is 0 Å². The second-order valence-electron chi connectivity index (χ2n) is 6.80. The summed E-state index contributed by atoms with van der Waals surface area (Å²) < 4.78 is 0. The molecule has 0 aromatic heterocycles. The summed E-state index contributed by atoms with van der Waals surface area (Å²) in [5.41, 5.74) is 5.46. The van der Waals surface area contributed by atoms with E-state index in [1.807, 2.05) is 66.8 Å². The zero-order valence-electron chi connectivity index (χ0n) is 15.4. The van der Waals surface area contributed by atoms with Gasteiger partial charge in [-0.05, 0) is 47.5 Å². The van der Waals surface area contributed by atoms with E-state index in [0.29, 0.717) is 13.0 Å². The molecule has 3 aromatic rings. The molecule has 27 heavy (non-hydrogen) atoms. The number of hydrogen-bond acceptors (Lipinski definition) is 4. The highest BCUT2D eigenvalue weighted by Crippen LogP contribution is 2.33. The SMILES string of the molecule is CN(N=Cc1ccc2c(c1)CC(O)CN2c1ccccc1)c1ccccc1. The Hall–Kier alpha value is -3.11. The predicted octanol–water partition coefficient (Wildman–Crippen LogP) is 4.21. The molecule has 136 valence electrons. The number of aliphatic hydroxyl groups is 1. The third-order valence-electron chi connectivity index (χ3n) is 4.82. The van der Waals surface area contributed by atoms with Crippen molar-refractivity contribution in [2.45, 2.75) is 12.5 Å². The van der Waals surface area contributed by atoms with E-state index in [-0.39, 0.29) is 6.10 Å². The average Bonchev–Trinajstić information content (AvgIpc) is 2.72. The maximum absolute atomic E-state index is 10.4. The molecule has 3 aromatic carbocycles. The zero-order chi connectivity index (χ0) is 18.6. The van der Waals surface area contributed by atoms with Gasteiger partial charge in [-0.25, -0.2) is 0 Å². The van der Waals surface area contributed by atoms with Crippen LogP contribution >= 0.6 is 0 Å². The summed E-state index contributed by atoms with van der Waals surface area (Å²) in [7, 11) is 1.94. The number of aliphatic hydroxyl groups excluding tert-OH is 1. The number of hydrazone groups is 1. The Balaban J connectivity index is 1.59. The van der Waals surface area contributed by atoms with Gasteiger partial charge in [0, 0.05) is 31.4 Å². The molecule has 4 rings (SSSR count). The van der Waals surface area contributed by atoms with Crippen LogP contribution in [-0.4, -0.2) is 31.0 Å². The normalized spacial score (nSPS) is 16.4. The predicted molar refractivity (Wildman–Crippen MR) is 112 cm³/mol. The molecule has 4 heteroatoms. The standard InChI is InChI=1S/C23H23N3O/c1-25(20-8-4-2-5-9-20)24-16-18-12-13-23-19(14-18)15-22(27)17-26(23)21-10-6-3-7-11-21/h2-14,16,22,27H,15,17H2,1H3. The minimum Gasteiger partial charge on any atom is -0.391 e. The Morgan fingerprint density at radius 1 is 1.00 bits per heavy atom. The summed E-state index contributed by atoms with van der Waals surface area (Å²) in [6, 6.07) is 26.6. The van der Waals surface area contributed by atoms with Gasteiger partial charge in [-0.2, -0.15) is 5.10 Å². The van der Waals surface area contributed by atoms with Gasteiger partial charge in [0.05, 0.1) is 18.0 Å². The Labute approximate surface area is 160 Å². The first-order chi connectivity index (χ1) is 13.2. The molecular weight excluding hydrogens is 334 g/mol. The topological polar surface area (TPSA) is 39.1 Å². The molecule has 0 fully saturated rings. The highest BCUT2D eigenvalue weighted by Gasteiger charge is 2.24. The van der Waals surface area contributed by atoms with Crippen LogP contribution in [0.15, 0.2) is 84.0 Å². The maximum Gasteiger partial charge on any atom is 0.0760 e. The summed E-state index contributed by atoms with van der Waals surface area (Å²) in [5, 5.41) is 16.8. The number of rotatable bonds is 4. The van der Waals surface area contributed by atoms with Crippen LogP contribution in [0.25, 0.3) is 0 Å². The van der Waals surface area contributed by atoms with E-state index in [9.17, 15) is 5.11 Å². The second-order valence-corrected chi connectivity index (χ2v) is 6.80. The molecule has 1 aliphatic rings. The highest BCUT2D eigenvalue weighted by molar-refractivity contribution is 5.83. The summed E-state index contributed by atoms with van der Waals surface area (Å²) >= 11 is 0. The first-order valence-electron chi connectivity index (χ1n) is 9.17. The molecule has 1 atom stereocenters. The van der Waals surface area contributed by atoms with E-state index in [1.54, 1.807) is 0 Å². The van der Waals surface area contributed by atoms with Gasteiger partial charge in [0.15, 0.2) is 0 Å². The van der Waals surface area contributed by atoms with E-state index in [2.05, 4.69) is 40.3 Å². The summed E-state index contributed by atoms with van der Waals surface area (Å²) in [5.74, 6) is 0. The zero-order valence-corrected chi connectivity index (χ0v) is 15.4. The van der Waals surface area contributed by atoms with E-state index in [1.165, 1.54) is 0 Å². The first-order valence-corrected chi connectivity index (χ1v) is 9.17. The van der Waals surface area contributed by atoms with Gasteiger partial charge in [0.2, 0.25) is 0 Å². The summed E-state index contributed by atoms with van der Waals surface area (Å²) in [6.45, 7) is 0.612. The second kappa shape index (κ2) is 7.64. The molecule has 1 N–H and O–H groups in total. The van der Waals surface area contributed by atoms with Gasteiger partial charge in [-0.1, -0.05) is 42.5 Å². The van der Waals surface area contributed by atoms with E-state index < -0.39 is 0 Å². The highest BCUT2D eigenvalue weighted by atomic mass is 16.3. The van der Waals surface area contributed by atoms with Crippen molar-refractivity contribution in [2.24, 2.45) is 5.10 Å². The van der Waals surface area contributed by atoms with Crippen LogP contribution in [0.4, 0.5) is 17.1 Å². The monoisotopic (exact) mass is 357 g/mol. The van der Waals surface area contributed by atoms with E-state index in [0.717, 1.165) is 28.2 Å². The molecule has 0 spiro atoms. The van der Waals surface area contributed by atoms with Crippen molar-refractivity contribution in [3.05, 3.63) is 90.0 Å². The smallest absolute Gasteiger partial charge is 0.0760 e. The third-order valence-corrected chi connectivity index (χ3v) is 4.82. The van der Waals surface area contributed by atoms with Crippen LogP contribution < -0.4 is 9.91 Å². The Morgan fingerprint density at radius 3 is 2.44 bits per heavy atom. The number of hydrogen-bond donors (Lipinski definition) is 1. The third kappa shape index (κ3) is 3.86. The molecule has 0 aliphatic carbocycles. The van der Waals surface area contributed by atoms with Crippen LogP contribution in [0.3, 0.4) is 0 Å². The van der Waals surface area contributed by atoms with Crippen molar-refractivity contribution in [1.82, 2.24) is 0 Å². The van der Waals surface area contributed by atoms with Crippen molar-refractivity contribution >= 4 is 23.3 Å². The fourth-order valence-corrected chi connectivity index (χ4v) is 3.46. The van der Waals surface area contributed by atoms with Crippen LogP contribution in [0, 0.1) is 0 Å². The van der Waals surface area contributed by atoms with Crippen LogP contribution in [0.5, 0.6) is 0 Å². The first kappa shape index (κ1) is 17.3. The molecule has 4 nitrogen and oxygen atoms in total. The lowest BCUT2D eigenvalue weighted by Crippen LogP contribution is -2.35. The molecule has 0 saturated heterocycles. The summed E-state index contributed by atoms with van der Waals surface area (Å²) in [4.78, 5) is 2.18. The maximum atomic E-state index is 10.4. The quantitative estimate of drug-likeness (QED) is 0.561. The van der Waals surface area contributed by atoms with Crippen molar-refractivity contribution in [2.75, 3.05) is 23.5 Å². The Morgan fingerprint density at radius 2 is 1.70 bits per heavy atom. The lowest BCUT2D eigenvalue weighted by molar-refractivity contribution is 0.178. The number of fused-ring (bicyclic) bond motifs is 1. The van der Waals surface area contributed by atoms with E-state index in [4.69, 9.17) is 0 Å². The minimum absolute atomic E-state index is 0.378. The van der Waals surface area contributed by atoms with Crippen LogP contribution in [-0.2, 0) is 6.42 Å². The number of benzene rings is 3.